The highest BCUT2D eigenvalue weighted by molar-refractivity contribution is 5.49. The Morgan fingerprint density at radius 2 is 1.83 bits per heavy atom. The summed E-state index contributed by atoms with van der Waals surface area (Å²) in [7, 11) is 3.35. The maximum atomic E-state index is 11.5. The van der Waals surface area contributed by atoms with Gasteiger partial charge in [0.15, 0.2) is 11.5 Å². The third-order valence-corrected chi connectivity index (χ3v) is 6.87. The van der Waals surface area contributed by atoms with Gasteiger partial charge in [0.1, 0.15) is 0 Å². The standard InChI is InChI=1S/C26H33NO3/c1-29-23-14-13-21(19-24(23)30-2)25-22-12-6-7-15-26(22,28)16-18-27(25)17-8-11-20-9-4-3-5-10-20/h3-5,8-11,13-14,19,22,25,28H,6-7,12,15-18H2,1-2H3/b11-8+/t22-,25-,26+/m0/s1. The largest absolute Gasteiger partial charge is 0.493 e. The number of methoxy groups -OCH3 is 2. The second-order valence-corrected chi connectivity index (χ2v) is 8.57. The maximum absolute atomic E-state index is 11.5. The first-order valence-electron chi connectivity index (χ1n) is 11.0. The van der Waals surface area contributed by atoms with Crippen molar-refractivity contribution in [2.24, 2.45) is 5.92 Å². The molecule has 1 aliphatic heterocycles. The van der Waals surface area contributed by atoms with E-state index in [9.17, 15) is 5.11 Å². The zero-order valence-corrected chi connectivity index (χ0v) is 18.1. The highest BCUT2D eigenvalue weighted by Gasteiger charge is 2.48. The summed E-state index contributed by atoms with van der Waals surface area (Å²) in [5.41, 5.74) is 1.85. The molecule has 0 aromatic heterocycles. The predicted octanol–water partition coefficient (Wildman–Crippen LogP) is 5.09. The highest BCUT2D eigenvalue weighted by Crippen LogP contribution is 2.50. The van der Waals surface area contributed by atoms with Gasteiger partial charge in [-0.05, 0) is 42.5 Å². The predicted molar refractivity (Wildman–Crippen MR) is 121 cm³/mol. The Morgan fingerprint density at radius 1 is 1.03 bits per heavy atom. The molecule has 0 spiro atoms. The second kappa shape index (κ2) is 9.23. The van der Waals surface area contributed by atoms with Crippen molar-refractivity contribution in [2.45, 2.75) is 43.7 Å². The lowest BCUT2D eigenvalue weighted by atomic mass is 9.66. The molecular formula is C26H33NO3. The number of hydrogen-bond acceptors (Lipinski definition) is 4. The molecule has 2 fully saturated rings. The van der Waals surface area contributed by atoms with Crippen molar-refractivity contribution in [2.75, 3.05) is 27.3 Å². The number of likely N-dealkylation sites (tertiary alicyclic amines) is 1. The Labute approximate surface area is 180 Å². The van der Waals surface area contributed by atoms with E-state index in [0.29, 0.717) is 0 Å². The van der Waals surface area contributed by atoms with Crippen LogP contribution in [0.3, 0.4) is 0 Å². The fourth-order valence-electron chi connectivity index (χ4n) is 5.32. The smallest absolute Gasteiger partial charge is 0.161 e. The summed E-state index contributed by atoms with van der Waals surface area (Å²) >= 11 is 0. The average molecular weight is 408 g/mol. The molecular weight excluding hydrogens is 374 g/mol. The van der Waals surface area contributed by atoms with E-state index in [-0.39, 0.29) is 12.0 Å². The van der Waals surface area contributed by atoms with Gasteiger partial charge in [-0.15, -0.1) is 0 Å². The van der Waals surface area contributed by atoms with Crippen LogP contribution in [0.1, 0.15) is 49.3 Å². The Hall–Kier alpha value is -2.30. The Balaban J connectivity index is 1.64. The van der Waals surface area contributed by atoms with Crippen LogP contribution in [0.25, 0.3) is 6.08 Å². The van der Waals surface area contributed by atoms with Crippen LogP contribution >= 0.6 is 0 Å². The van der Waals surface area contributed by atoms with E-state index in [2.05, 4.69) is 53.5 Å². The molecule has 0 bridgehead atoms. The third-order valence-electron chi connectivity index (χ3n) is 6.87. The van der Waals surface area contributed by atoms with Gasteiger partial charge in [-0.3, -0.25) is 4.90 Å². The first-order valence-corrected chi connectivity index (χ1v) is 11.0. The van der Waals surface area contributed by atoms with E-state index in [1.807, 2.05) is 12.1 Å². The molecule has 3 atom stereocenters. The summed E-state index contributed by atoms with van der Waals surface area (Å²) in [6.45, 7) is 1.76. The van der Waals surface area contributed by atoms with Crippen LogP contribution in [0.2, 0.25) is 0 Å². The molecule has 1 saturated carbocycles. The summed E-state index contributed by atoms with van der Waals surface area (Å²) in [5.74, 6) is 1.73. The number of benzene rings is 2. The number of rotatable bonds is 6. The van der Waals surface area contributed by atoms with Gasteiger partial charge in [-0.25, -0.2) is 0 Å². The van der Waals surface area contributed by atoms with Crippen LogP contribution in [0.5, 0.6) is 11.5 Å². The topological polar surface area (TPSA) is 41.9 Å². The van der Waals surface area contributed by atoms with Crippen molar-refractivity contribution in [3.63, 3.8) is 0 Å². The fourth-order valence-corrected chi connectivity index (χ4v) is 5.32. The zero-order valence-electron chi connectivity index (χ0n) is 18.1. The van der Waals surface area contributed by atoms with Crippen molar-refractivity contribution >= 4 is 6.08 Å². The minimum atomic E-state index is -0.560. The van der Waals surface area contributed by atoms with Crippen molar-refractivity contribution in [3.8, 4) is 11.5 Å². The number of hydrogen-bond donors (Lipinski definition) is 1. The first kappa shape index (κ1) is 21.0. The molecule has 4 rings (SSSR count). The van der Waals surface area contributed by atoms with Gasteiger partial charge in [0.25, 0.3) is 0 Å². The van der Waals surface area contributed by atoms with Crippen LogP contribution in [-0.4, -0.2) is 42.9 Å². The van der Waals surface area contributed by atoms with Gasteiger partial charge in [0, 0.05) is 25.0 Å². The Morgan fingerprint density at radius 3 is 2.60 bits per heavy atom. The van der Waals surface area contributed by atoms with Gasteiger partial charge in [-0.2, -0.15) is 0 Å². The number of ether oxygens (including phenoxy) is 2. The van der Waals surface area contributed by atoms with Crippen LogP contribution in [0.15, 0.2) is 54.6 Å². The number of fused-ring (bicyclic) bond motifs is 1. The number of aliphatic hydroxyl groups is 1. The summed E-state index contributed by atoms with van der Waals surface area (Å²) in [5, 5.41) is 11.5. The molecule has 0 amide bonds. The van der Waals surface area contributed by atoms with E-state index in [1.165, 1.54) is 17.5 Å². The normalized spacial score (nSPS) is 27.0. The lowest BCUT2D eigenvalue weighted by Gasteiger charge is -2.52. The summed E-state index contributed by atoms with van der Waals surface area (Å²) in [4.78, 5) is 2.52. The van der Waals surface area contributed by atoms with Gasteiger partial charge in [-0.1, -0.05) is 61.4 Å². The monoisotopic (exact) mass is 407 g/mol. The van der Waals surface area contributed by atoms with Crippen molar-refractivity contribution < 1.29 is 14.6 Å². The molecule has 0 unspecified atom stereocenters. The molecule has 0 radical (unpaired) electrons. The average Bonchev–Trinajstić information content (AvgIpc) is 2.79. The minimum Gasteiger partial charge on any atom is -0.493 e. The van der Waals surface area contributed by atoms with Gasteiger partial charge in [0.05, 0.1) is 19.8 Å². The molecule has 1 heterocycles. The van der Waals surface area contributed by atoms with Crippen LogP contribution in [0.4, 0.5) is 0 Å². The molecule has 2 aromatic carbocycles. The molecule has 2 aliphatic rings. The lowest BCUT2D eigenvalue weighted by molar-refractivity contribution is -0.122. The van der Waals surface area contributed by atoms with Crippen LogP contribution < -0.4 is 9.47 Å². The lowest BCUT2D eigenvalue weighted by Crippen LogP contribution is -2.54. The van der Waals surface area contributed by atoms with E-state index >= 15 is 0 Å². The highest BCUT2D eigenvalue weighted by atomic mass is 16.5. The van der Waals surface area contributed by atoms with E-state index in [0.717, 1.165) is 50.3 Å². The summed E-state index contributed by atoms with van der Waals surface area (Å²) in [6, 6.07) is 16.8. The maximum Gasteiger partial charge on any atom is 0.161 e. The molecule has 4 heteroatoms. The zero-order chi connectivity index (χ0) is 21.0. The van der Waals surface area contributed by atoms with E-state index in [4.69, 9.17) is 9.47 Å². The number of piperidine rings is 1. The minimum absolute atomic E-state index is 0.171. The van der Waals surface area contributed by atoms with Crippen LogP contribution in [-0.2, 0) is 0 Å². The SMILES string of the molecule is COc1ccc([C@H]2[C@@H]3CCCC[C@@]3(O)CCN2C/C=C/c2ccccc2)cc1OC. The third kappa shape index (κ3) is 4.26. The first-order chi connectivity index (χ1) is 14.6. The molecule has 2 aromatic rings. The molecule has 1 aliphatic carbocycles. The second-order valence-electron chi connectivity index (χ2n) is 8.57. The van der Waals surface area contributed by atoms with E-state index < -0.39 is 5.60 Å². The van der Waals surface area contributed by atoms with Gasteiger partial charge >= 0.3 is 0 Å². The van der Waals surface area contributed by atoms with Gasteiger partial charge in [0.2, 0.25) is 0 Å². The molecule has 1 N–H and O–H groups in total. The summed E-state index contributed by atoms with van der Waals surface area (Å²) < 4.78 is 11.0. The van der Waals surface area contributed by atoms with Crippen molar-refractivity contribution in [1.29, 1.82) is 0 Å². The molecule has 30 heavy (non-hydrogen) atoms. The Bertz CT molecular complexity index is 866. The van der Waals surface area contributed by atoms with Gasteiger partial charge < -0.3 is 14.6 Å². The summed E-state index contributed by atoms with van der Waals surface area (Å²) in [6.07, 6.45) is 9.57. The van der Waals surface area contributed by atoms with Crippen molar-refractivity contribution in [3.05, 3.63) is 65.7 Å². The molecule has 4 nitrogen and oxygen atoms in total. The van der Waals surface area contributed by atoms with Crippen LogP contribution in [0, 0.1) is 5.92 Å². The molecule has 1 saturated heterocycles. The van der Waals surface area contributed by atoms with Crippen molar-refractivity contribution in [1.82, 2.24) is 4.90 Å². The fraction of sp³-hybridized carbons (Fsp3) is 0.462. The quantitative estimate of drug-likeness (QED) is 0.725. The number of nitrogens with zero attached hydrogens (tertiary/aromatic N) is 1. The Kier molecular flexibility index (Phi) is 6.45. The van der Waals surface area contributed by atoms with E-state index in [1.54, 1.807) is 14.2 Å². The molecule has 160 valence electrons.